The minimum atomic E-state index is 0.156. The van der Waals surface area contributed by atoms with E-state index in [0.717, 1.165) is 41.7 Å². The molecule has 1 amide bonds. The lowest BCUT2D eigenvalue weighted by molar-refractivity contribution is 0.0750. The van der Waals surface area contributed by atoms with Crippen LogP contribution in [0.3, 0.4) is 0 Å². The summed E-state index contributed by atoms with van der Waals surface area (Å²) in [5.74, 6) is 0.156. The van der Waals surface area contributed by atoms with Crippen molar-refractivity contribution in [3.63, 3.8) is 0 Å². The van der Waals surface area contributed by atoms with E-state index in [2.05, 4.69) is 31.3 Å². The lowest BCUT2D eigenvalue weighted by Gasteiger charge is -2.25. The van der Waals surface area contributed by atoms with Crippen LogP contribution >= 0.6 is 0 Å². The maximum absolute atomic E-state index is 13.3. The molecular weight excluding hydrogens is 298 g/mol. The number of pyridine rings is 1. The number of carbonyl (C=O) groups is 1. The molecule has 0 spiro atoms. The smallest absolute Gasteiger partial charge is 0.254 e. The molecule has 1 N–H and O–H groups in total. The highest BCUT2D eigenvalue weighted by atomic mass is 16.2. The maximum Gasteiger partial charge on any atom is 0.254 e. The number of rotatable bonds is 1. The number of benzene rings is 1. The van der Waals surface area contributed by atoms with Gasteiger partial charge < -0.3 is 10.2 Å². The van der Waals surface area contributed by atoms with Crippen LogP contribution in [-0.4, -0.2) is 41.0 Å². The minimum Gasteiger partial charge on any atom is -0.337 e. The SMILES string of the molecule is Cc1cc(C(=O)N2CC[C@H]3CC[C@@H](C2)N3)c2ccc(C)c(C)c2n1. The molecule has 2 aliphatic heterocycles. The molecule has 2 atom stereocenters. The van der Waals surface area contributed by atoms with Gasteiger partial charge in [-0.3, -0.25) is 9.78 Å². The number of nitrogens with one attached hydrogen (secondary N) is 1. The number of hydrogen-bond acceptors (Lipinski definition) is 3. The van der Waals surface area contributed by atoms with Crippen molar-refractivity contribution in [2.24, 2.45) is 0 Å². The van der Waals surface area contributed by atoms with Crippen LogP contribution in [0, 0.1) is 20.8 Å². The van der Waals surface area contributed by atoms with Crippen LogP contribution in [0.5, 0.6) is 0 Å². The van der Waals surface area contributed by atoms with Crippen molar-refractivity contribution in [2.45, 2.75) is 52.1 Å². The Morgan fingerprint density at radius 2 is 1.96 bits per heavy atom. The Bertz CT molecular complexity index is 814. The highest BCUT2D eigenvalue weighted by Gasteiger charge is 2.32. The van der Waals surface area contributed by atoms with Gasteiger partial charge in [-0.1, -0.05) is 12.1 Å². The third kappa shape index (κ3) is 2.59. The third-order valence-corrected chi connectivity index (χ3v) is 5.67. The van der Waals surface area contributed by atoms with Gasteiger partial charge in [0.25, 0.3) is 5.91 Å². The normalized spacial score (nSPS) is 23.5. The van der Waals surface area contributed by atoms with Gasteiger partial charge in [-0.15, -0.1) is 0 Å². The molecule has 2 aromatic rings. The van der Waals surface area contributed by atoms with Crippen molar-refractivity contribution in [2.75, 3.05) is 13.1 Å². The average Bonchev–Trinajstić information content (AvgIpc) is 2.89. The number of amides is 1. The van der Waals surface area contributed by atoms with E-state index in [9.17, 15) is 4.79 Å². The highest BCUT2D eigenvalue weighted by molar-refractivity contribution is 6.07. The number of aromatic nitrogens is 1. The van der Waals surface area contributed by atoms with Crippen molar-refractivity contribution in [3.8, 4) is 0 Å². The number of carbonyl (C=O) groups excluding carboxylic acids is 1. The molecule has 4 rings (SSSR count). The van der Waals surface area contributed by atoms with Gasteiger partial charge in [0, 0.05) is 36.3 Å². The lowest BCUT2D eigenvalue weighted by Crippen LogP contribution is -2.39. The first-order valence-corrected chi connectivity index (χ1v) is 8.96. The molecule has 126 valence electrons. The molecule has 1 aromatic carbocycles. The van der Waals surface area contributed by atoms with Crippen LogP contribution in [0.1, 0.15) is 46.4 Å². The summed E-state index contributed by atoms with van der Waals surface area (Å²) in [5, 5.41) is 4.63. The molecular formula is C20H25N3O. The third-order valence-electron chi connectivity index (χ3n) is 5.67. The molecule has 4 nitrogen and oxygen atoms in total. The number of hydrogen-bond donors (Lipinski definition) is 1. The first kappa shape index (κ1) is 15.6. The van der Waals surface area contributed by atoms with E-state index >= 15 is 0 Å². The topological polar surface area (TPSA) is 45.2 Å². The van der Waals surface area contributed by atoms with Gasteiger partial charge in [0.15, 0.2) is 0 Å². The summed E-state index contributed by atoms with van der Waals surface area (Å²) >= 11 is 0. The largest absolute Gasteiger partial charge is 0.337 e. The number of fused-ring (bicyclic) bond motifs is 3. The fourth-order valence-electron chi connectivity index (χ4n) is 4.13. The van der Waals surface area contributed by atoms with Gasteiger partial charge in [0.1, 0.15) is 0 Å². The molecule has 1 aromatic heterocycles. The summed E-state index contributed by atoms with van der Waals surface area (Å²) < 4.78 is 0. The highest BCUT2D eigenvalue weighted by Crippen LogP contribution is 2.27. The molecule has 3 heterocycles. The standard InChI is InChI=1S/C20H25N3O/c1-12-4-7-17-18(10-13(2)21-19(17)14(12)3)20(24)23-9-8-15-5-6-16(11-23)22-15/h4,7,10,15-16,22H,5-6,8-9,11H2,1-3H3/t15-,16+/m1/s1. The first-order chi connectivity index (χ1) is 11.5. The first-order valence-electron chi connectivity index (χ1n) is 8.96. The van der Waals surface area contributed by atoms with Crippen LogP contribution < -0.4 is 5.32 Å². The Labute approximate surface area is 143 Å². The quantitative estimate of drug-likeness (QED) is 0.877. The Morgan fingerprint density at radius 3 is 2.79 bits per heavy atom. The molecule has 0 unspecified atom stereocenters. The minimum absolute atomic E-state index is 0.156. The fraction of sp³-hybridized carbons (Fsp3) is 0.500. The molecule has 0 radical (unpaired) electrons. The van der Waals surface area contributed by atoms with Crippen molar-refractivity contribution >= 4 is 16.8 Å². The van der Waals surface area contributed by atoms with Crippen LogP contribution in [0.4, 0.5) is 0 Å². The van der Waals surface area contributed by atoms with Crippen LogP contribution in [0.15, 0.2) is 18.2 Å². The van der Waals surface area contributed by atoms with Gasteiger partial charge in [-0.2, -0.15) is 0 Å². The number of aryl methyl sites for hydroxylation is 3. The molecule has 0 saturated carbocycles. The molecule has 4 heteroatoms. The van der Waals surface area contributed by atoms with Crippen LogP contribution in [0.2, 0.25) is 0 Å². The van der Waals surface area contributed by atoms with E-state index in [4.69, 9.17) is 4.98 Å². The lowest BCUT2D eigenvalue weighted by atomic mass is 9.99. The second-order valence-electron chi connectivity index (χ2n) is 7.39. The molecule has 2 aliphatic rings. The summed E-state index contributed by atoms with van der Waals surface area (Å²) in [4.78, 5) is 20.0. The van der Waals surface area contributed by atoms with E-state index in [0.29, 0.717) is 12.1 Å². The fourth-order valence-corrected chi connectivity index (χ4v) is 4.13. The molecule has 24 heavy (non-hydrogen) atoms. The van der Waals surface area contributed by atoms with Crippen molar-refractivity contribution in [1.82, 2.24) is 15.2 Å². The molecule has 2 saturated heterocycles. The zero-order valence-corrected chi connectivity index (χ0v) is 14.7. The monoisotopic (exact) mass is 323 g/mol. The number of likely N-dealkylation sites (tertiary alicyclic amines) is 1. The van der Waals surface area contributed by atoms with Gasteiger partial charge in [0.05, 0.1) is 11.1 Å². The van der Waals surface area contributed by atoms with E-state index in [1.54, 1.807) is 0 Å². The molecule has 0 aliphatic carbocycles. The predicted molar refractivity (Wildman–Crippen MR) is 96.4 cm³/mol. The summed E-state index contributed by atoms with van der Waals surface area (Å²) in [6.07, 6.45) is 3.49. The summed E-state index contributed by atoms with van der Waals surface area (Å²) in [5.41, 5.74) is 5.07. The Morgan fingerprint density at radius 1 is 1.17 bits per heavy atom. The van der Waals surface area contributed by atoms with E-state index in [1.807, 2.05) is 17.9 Å². The Hall–Kier alpha value is -1.94. The van der Waals surface area contributed by atoms with Gasteiger partial charge in [0.2, 0.25) is 0 Å². The zero-order valence-electron chi connectivity index (χ0n) is 14.7. The van der Waals surface area contributed by atoms with Gasteiger partial charge in [-0.25, -0.2) is 0 Å². The molecule has 2 fully saturated rings. The van der Waals surface area contributed by atoms with E-state index in [-0.39, 0.29) is 5.91 Å². The summed E-state index contributed by atoms with van der Waals surface area (Å²) in [6.45, 7) is 7.83. The van der Waals surface area contributed by atoms with E-state index < -0.39 is 0 Å². The van der Waals surface area contributed by atoms with E-state index in [1.165, 1.54) is 24.0 Å². The summed E-state index contributed by atoms with van der Waals surface area (Å²) in [6, 6.07) is 7.15. The zero-order chi connectivity index (χ0) is 16.8. The maximum atomic E-state index is 13.3. The Kier molecular flexibility index (Phi) is 3.80. The van der Waals surface area contributed by atoms with Crippen LogP contribution in [0.25, 0.3) is 10.9 Å². The van der Waals surface area contributed by atoms with Crippen LogP contribution in [-0.2, 0) is 0 Å². The Balaban J connectivity index is 1.75. The van der Waals surface area contributed by atoms with Gasteiger partial charge in [-0.05, 0) is 57.2 Å². The van der Waals surface area contributed by atoms with Gasteiger partial charge >= 0.3 is 0 Å². The van der Waals surface area contributed by atoms with Crippen molar-refractivity contribution < 1.29 is 4.79 Å². The second-order valence-corrected chi connectivity index (χ2v) is 7.39. The second kappa shape index (κ2) is 5.85. The predicted octanol–water partition coefficient (Wildman–Crippen LogP) is 3.13. The molecule has 2 bridgehead atoms. The average molecular weight is 323 g/mol. The van der Waals surface area contributed by atoms with Crippen molar-refractivity contribution in [1.29, 1.82) is 0 Å². The number of nitrogens with zero attached hydrogens (tertiary/aromatic N) is 2. The summed E-state index contributed by atoms with van der Waals surface area (Å²) in [7, 11) is 0. The van der Waals surface area contributed by atoms with Crippen molar-refractivity contribution in [3.05, 3.63) is 40.6 Å².